The van der Waals surface area contributed by atoms with Gasteiger partial charge in [-0.15, -0.1) is 0 Å². The number of amides is 1. The van der Waals surface area contributed by atoms with Crippen LogP contribution in [0, 0.1) is 5.41 Å². The molecule has 0 atom stereocenters. The molecule has 1 aromatic rings. The molecule has 1 aromatic heterocycles. The van der Waals surface area contributed by atoms with Gasteiger partial charge in [-0.25, -0.2) is 0 Å². The Morgan fingerprint density at radius 3 is 2.78 bits per heavy atom. The van der Waals surface area contributed by atoms with E-state index in [4.69, 9.17) is 5.73 Å². The van der Waals surface area contributed by atoms with Crippen molar-refractivity contribution in [3.05, 3.63) is 30.1 Å². The second-order valence-corrected chi connectivity index (χ2v) is 5.30. The van der Waals surface area contributed by atoms with E-state index in [1.54, 1.807) is 6.20 Å². The highest BCUT2D eigenvalue weighted by Crippen LogP contribution is 2.25. The van der Waals surface area contributed by atoms with Crippen molar-refractivity contribution in [2.24, 2.45) is 11.1 Å². The lowest BCUT2D eigenvalue weighted by Gasteiger charge is -2.23. The molecule has 0 fully saturated rings. The van der Waals surface area contributed by atoms with Crippen LogP contribution in [0.15, 0.2) is 24.4 Å². The molecule has 0 aromatic carbocycles. The third kappa shape index (κ3) is 5.77. The maximum Gasteiger partial charge on any atom is 0.220 e. The number of nitrogens with zero attached hydrogens (tertiary/aromatic N) is 1. The van der Waals surface area contributed by atoms with Crippen LogP contribution in [0.5, 0.6) is 0 Å². The van der Waals surface area contributed by atoms with E-state index in [0.717, 1.165) is 18.5 Å². The van der Waals surface area contributed by atoms with Gasteiger partial charge in [0.2, 0.25) is 5.91 Å². The quantitative estimate of drug-likeness (QED) is 0.775. The first-order chi connectivity index (χ1) is 8.53. The fourth-order valence-electron chi connectivity index (χ4n) is 1.75. The number of hydrogen-bond acceptors (Lipinski definition) is 3. The number of carbonyl (C=O) groups is 1. The summed E-state index contributed by atoms with van der Waals surface area (Å²) in [5, 5.41) is 2.88. The van der Waals surface area contributed by atoms with Gasteiger partial charge in [-0.1, -0.05) is 19.9 Å². The molecule has 0 aliphatic rings. The summed E-state index contributed by atoms with van der Waals surface area (Å²) >= 11 is 0. The Balaban J connectivity index is 2.26. The first kappa shape index (κ1) is 14.6. The lowest BCUT2D eigenvalue weighted by atomic mass is 9.84. The summed E-state index contributed by atoms with van der Waals surface area (Å²) in [5.41, 5.74) is 6.56. The second kappa shape index (κ2) is 7.11. The van der Waals surface area contributed by atoms with Crippen LogP contribution in [0.1, 0.15) is 38.8 Å². The molecule has 0 saturated carbocycles. The van der Waals surface area contributed by atoms with E-state index in [2.05, 4.69) is 24.1 Å². The Morgan fingerprint density at radius 1 is 1.39 bits per heavy atom. The smallest absolute Gasteiger partial charge is 0.220 e. The topological polar surface area (TPSA) is 68.0 Å². The van der Waals surface area contributed by atoms with E-state index in [-0.39, 0.29) is 11.3 Å². The minimum absolute atomic E-state index is 0.0748. The monoisotopic (exact) mass is 249 g/mol. The molecule has 0 aliphatic heterocycles. The van der Waals surface area contributed by atoms with Gasteiger partial charge in [0, 0.05) is 12.6 Å². The highest BCUT2D eigenvalue weighted by molar-refractivity contribution is 5.75. The van der Waals surface area contributed by atoms with E-state index in [1.807, 2.05) is 18.2 Å². The van der Waals surface area contributed by atoms with Gasteiger partial charge >= 0.3 is 0 Å². The molecule has 0 spiro atoms. The molecule has 100 valence electrons. The lowest BCUT2D eigenvalue weighted by molar-refractivity contribution is -0.121. The van der Waals surface area contributed by atoms with Crippen molar-refractivity contribution in [2.45, 2.75) is 39.7 Å². The summed E-state index contributed by atoms with van der Waals surface area (Å²) < 4.78 is 0. The minimum Gasteiger partial charge on any atom is -0.350 e. The lowest BCUT2D eigenvalue weighted by Crippen LogP contribution is -2.26. The average molecular weight is 249 g/mol. The second-order valence-electron chi connectivity index (χ2n) is 5.30. The Kier molecular flexibility index (Phi) is 5.78. The standard InChI is InChI=1S/C14H23N3O/c1-14(2,8-9-15)7-6-13(18)17-11-12-5-3-4-10-16-12/h3-5,10H,6-9,11,15H2,1-2H3,(H,17,18). The molecule has 4 heteroatoms. The Morgan fingerprint density at radius 2 is 2.17 bits per heavy atom. The third-order valence-corrected chi connectivity index (χ3v) is 3.04. The van der Waals surface area contributed by atoms with Gasteiger partial charge in [0.25, 0.3) is 0 Å². The van der Waals surface area contributed by atoms with Gasteiger partial charge in [-0.05, 0) is 36.9 Å². The van der Waals surface area contributed by atoms with E-state index < -0.39 is 0 Å². The van der Waals surface area contributed by atoms with Gasteiger partial charge in [0.15, 0.2) is 0 Å². The van der Waals surface area contributed by atoms with Gasteiger partial charge < -0.3 is 11.1 Å². The Labute approximate surface area is 109 Å². The summed E-state index contributed by atoms with van der Waals surface area (Å²) in [5.74, 6) is 0.0748. The van der Waals surface area contributed by atoms with Crippen molar-refractivity contribution in [3.63, 3.8) is 0 Å². The van der Waals surface area contributed by atoms with Crippen molar-refractivity contribution in [1.82, 2.24) is 10.3 Å². The van der Waals surface area contributed by atoms with Crippen LogP contribution in [-0.4, -0.2) is 17.4 Å². The van der Waals surface area contributed by atoms with E-state index in [9.17, 15) is 4.79 Å². The zero-order valence-corrected chi connectivity index (χ0v) is 11.3. The maximum atomic E-state index is 11.7. The van der Waals surface area contributed by atoms with Gasteiger partial charge in [-0.2, -0.15) is 0 Å². The number of carbonyl (C=O) groups excluding carboxylic acids is 1. The average Bonchev–Trinajstić information content (AvgIpc) is 2.35. The largest absolute Gasteiger partial charge is 0.350 e. The zero-order valence-electron chi connectivity index (χ0n) is 11.3. The van der Waals surface area contributed by atoms with Crippen LogP contribution < -0.4 is 11.1 Å². The molecule has 1 amide bonds. The summed E-state index contributed by atoms with van der Waals surface area (Å²) in [6, 6.07) is 5.68. The molecular formula is C14H23N3O. The molecule has 3 N–H and O–H groups in total. The predicted octanol–water partition coefficient (Wildman–Crippen LogP) is 1.85. The maximum absolute atomic E-state index is 11.7. The number of pyridine rings is 1. The van der Waals surface area contributed by atoms with Crippen molar-refractivity contribution >= 4 is 5.91 Å². The predicted molar refractivity (Wildman–Crippen MR) is 72.8 cm³/mol. The van der Waals surface area contributed by atoms with E-state index in [1.165, 1.54) is 0 Å². The minimum atomic E-state index is 0.0748. The normalized spacial score (nSPS) is 11.3. The summed E-state index contributed by atoms with van der Waals surface area (Å²) in [6.45, 7) is 5.46. The first-order valence-corrected chi connectivity index (χ1v) is 6.40. The molecule has 0 aliphatic carbocycles. The number of aromatic nitrogens is 1. The van der Waals surface area contributed by atoms with Crippen molar-refractivity contribution in [1.29, 1.82) is 0 Å². The number of hydrogen-bond donors (Lipinski definition) is 2. The van der Waals surface area contributed by atoms with E-state index in [0.29, 0.717) is 19.5 Å². The molecular weight excluding hydrogens is 226 g/mol. The van der Waals surface area contributed by atoms with Gasteiger partial charge in [0.05, 0.1) is 12.2 Å². The number of nitrogens with two attached hydrogens (primary N) is 1. The number of nitrogens with one attached hydrogen (secondary N) is 1. The van der Waals surface area contributed by atoms with Crippen LogP contribution in [0.25, 0.3) is 0 Å². The van der Waals surface area contributed by atoms with Crippen molar-refractivity contribution < 1.29 is 4.79 Å². The molecule has 18 heavy (non-hydrogen) atoms. The fraction of sp³-hybridized carbons (Fsp3) is 0.571. The van der Waals surface area contributed by atoms with Gasteiger partial charge in [-0.3, -0.25) is 9.78 Å². The first-order valence-electron chi connectivity index (χ1n) is 6.40. The van der Waals surface area contributed by atoms with Crippen molar-refractivity contribution in [2.75, 3.05) is 6.54 Å². The molecule has 0 bridgehead atoms. The molecule has 4 nitrogen and oxygen atoms in total. The van der Waals surface area contributed by atoms with Crippen LogP contribution in [-0.2, 0) is 11.3 Å². The molecule has 1 heterocycles. The highest BCUT2D eigenvalue weighted by atomic mass is 16.1. The van der Waals surface area contributed by atoms with Crippen molar-refractivity contribution in [3.8, 4) is 0 Å². The van der Waals surface area contributed by atoms with E-state index >= 15 is 0 Å². The molecule has 1 rings (SSSR count). The Hall–Kier alpha value is -1.42. The van der Waals surface area contributed by atoms with Crippen LogP contribution in [0.4, 0.5) is 0 Å². The highest BCUT2D eigenvalue weighted by Gasteiger charge is 2.18. The molecule has 0 radical (unpaired) electrons. The fourth-order valence-corrected chi connectivity index (χ4v) is 1.75. The number of rotatable bonds is 7. The SMILES string of the molecule is CC(C)(CCN)CCC(=O)NCc1ccccn1. The summed E-state index contributed by atoms with van der Waals surface area (Å²) in [7, 11) is 0. The zero-order chi connectivity index (χ0) is 13.4. The summed E-state index contributed by atoms with van der Waals surface area (Å²) in [4.78, 5) is 15.9. The molecule has 0 saturated heterocycles. The van der Waals surface area contributed by atoms with Crippen LogP contribution in [0.2, 0.25) is 0 Å². The Bertz CT molecular complexity index is 363. The third-order valence-electron chi connectivity index (χ3n) is 3.04. The van der Waals surface area contributed by atoms with Crippen LogP contribution >= 0.6 is 0 Å². The van der Waals surface area contributed by atoms with Gasteiger partial charge in [0.1, 0.15) is 0 Å². The van der Waals surface area contributed by atoms with Crippen LogP contribution in [0.3, 0.4) is 0 Å². The summed E-state index contributed by atoms with van der Waals surface area (Å²) in [6.07, 6.45) is 4.07. The molecule has 0 unspecified atom stereocenters.